The average Bonchev–Trinajstić information content (AvgIpc) is 2.90. The lowest BCUT2D eigenvalue weighted by Gasteiger charge is -2.43. The maximum atomic E-state index is 13.8. The fraction of sp³-hybridized carbons (Fsp3) is 0.333. The second kappa shape index (κ2) is 12.2. The highest BCUT2D eigenvalue weighted by molar-refractivity contribution is 5.89. The first-order chi connectivity index (χ1) is 16.5. The minimum Gasteiger partial charge on any atom is -0.345 e. The zero-order chi connectivity index (χ0) is 24.4. The van der Waals surface area contributed by atoms with Crippen LogP contribution in [0.2, 0.25) is 0 Å². The molecule has 0 aromatic heterocycles. The summed E-state index contributed by atoms with van der Waals surface area (Å²) >= 11 is 0. The van der Waals surface area contributed by atoms with Crippen molar-refractivity contribution in [1.82, 2.24) is 9.80 Å². The molecule has 2 aromatic carbocycles. The maximum Gasteiger partial charge on any atom is 0.233 e. The summed E-state index contributed by atoms with van der Waals surface area (Å²) in [5.41, 5.74) is 2.66. The second-order valence-corrected chi connectivity index (χ2v) is 8.97. The molecule has 0 radical (unpaired) electrons. The van der Waals surface area contributed by atoms with E-state index in [9.17, 15) is 9.59 Å². The van der Waals surface area contributed by atoms with Gasteiger partial charge in [0.1, 0.15) is 0 Å². The molecule has 1 heterocycles. The molecule has 0 atom stereocenters. The molecule has 1 aliphatic rings. The van der Waals surface area contributed by atoms with Crippen LogP contribution in [0, 0.1) is 0 Å². The lowest BCUT2D eigenvalue weighted by Crippen LogP contribution is -2.53. The van der Waals surface area contributed by atoms with Crippen LogP contribution in [0.3, 0.4) is 0 Å². The lowest BCUT2D eigenvalue weighted by atomic mass is 9.71. The Balaban J connectivity index is 1.69. The first-order valence-corrected chi connectivity index (χ1v) is 12.1. The Kier molecular flexibility index (Phi) is 9.03. The normalized spacial score (nSPS) is 15.4. The van der Waals surface area contributed by atoms with Crippen LogP contribution >= 0.6 is 0 Å². The molecular formula is C30H36N2O2. The van der Waals surface area contributed by atoms with Crippen molar-refractivity contribution < 1.29 is 9.59 Å². The van der Waals surface area contributed by atoms with Gasteiger partial charge in [-0.1, -0.05) is 92.0 Å². The largest absolute Gasteiger partial charge is 0.345 e. The summed E-state index contributed by atoms with van der Waals surface area (Å²) in [5.74, 6) is 0.286. The van der Waals surface area contributed by atoms with Crippen molar-refractivity contribution in [1.29, 1.82) is 0 Å². The third-order valence-electron chi connectivity index (χ3n) is 6.85. The maximum absolute atomic E-state index is 13.8. The number of hydrogen-bond donors (Lipinski definition) is 0. The summed E-state index contributed by atoms with van der Waals surface area (Å²) < 4.78 is 0. The molecule has 2 aromatic rings. The number of hydrogen-bond acceptors (Lipinski definition) is 2. The number of likely N-dealkylation sites (tertiary alicyclic amines) is 1. The van der Waals surface area contributed by atoms with Gasteiger partial charge in [0.15, 0.2) is 0 Å². The SMILES string of the molecule is C=C/C=C(\C=C)CCN(C)C(=O)C1(c2ccccc2)CCN(C(=O)CCc2ccccc2)CC1. The summed E-state index contributed by atoms with van der Waals surface area (Å²) in [6.45, 7) is 9.40. The third-order valence-corrected chi connectivity index (χ3v) is 6.85. The molecule has 0 spiro atoms. The lowest BCUT2D eigenvalue weighted by molar-refractivity contribution is -0.142. The zero-order valence-electron chi connectivity index (χ0n) is 20.3. The number of rotatable bonds is 10. The minimum absolute atomic E-state index is 0.122. The van der Waals surface area contributed by atoms with E-state index in [0.717, 1.165) is 24.0 Å². The first kappa shape index (κ1) is 25.2. The molecule has 1 fully saturated rings. The standard InChI is InChI=1S/C30H36N2O2/c1-4-12-25(5-2)19-22-31(3)29(34)30(27-15-10-7-11-16-27)20-23-32(24-21-30)28(33)18-17-26-13-8-6-9-14-26/h4-16H,1-2,17-24H2,3H3/b25-12+. The molecule has 0 N–H and O–H groups in total. The topological polar surface area (TPSA) is 40.6 Å². The fourth-order valence-electron chi connectivity index (χ4n) is 4.74. The monoisotopic (exact) mass is 456 g/mol. The Labute approximate surface area is 204 Å². The summed E-state index contributed by atoms with van der Waals surface area (Å²) in [4.78, 5) is 30.5. The van der Waals surface area contributed by atoms with Crippen LogP contribution in [0.1, 0.15) is 36.8 Å². The Morgan fingerprint density at radius 1 is 0.971 bits per heavy atom. The summed E-state index contributed by atoms with van der Waals surface area (Å²) in [6, 6.07) is 20.2. The molecule has 3 rings (SSSR count). The van der Waals surface area contributed by atoms with E-state index in [2.05, 4.69) is 25.3 Å². The Morgan fingerprint density at radius 3 is 2.18 bits per heavy atom. The predicted octanol–water partition coefficient (Wildman–Crippen LogP) is 5.33. The highest BCUT2D eigenvalue weighted by Crippen LogP contribution is 2.37. The number of allylic oxidation sites excluding steroid dienone is 3. The van der Waals surface area contributed by atoms with Crippen LogP contribution in [-0.2, 0) is 21.4 Å². The van der Waals surface area contributed by atoms with Gasteiger partial charge in [-0.3, -0.25) is 9.59 Å². The van der Waals surface area contributed by atoms with Crippen molar-refractivity contribution in [2.24, 2.45) is 0 Å². The fourth-order valence-corrected chi connectivity index (χ4v) is 4.74. The van der Waals surface area contributed by atoms with Crippen LogP contribution < -0.4 is 0 Å². The van der Waals surface area contributed by atoms with Crippen LogP contribution in [0.4, 0.5) is 0 Å². The Bertz CT molecular complexity index is 1000. The summed E-state index contributed by atoms with van der Waals surface area (Å²) in [7, 11) is 1.87. The Morgan fingerprint density at radius 2 is 1.59 bits per heavy atom. The highest BCUT2D eigenvalue weighted by Gasteiger charge is 2.44. The summed E-state index contributed by atoms with van der Waals surface area (Å²) in [6.07, 6.45) is 8.72. The van der Waals surface area contributed by atoms with E-state index in [1.165, 1.54) is 5.56 Å². The highest BCUT2D eigenvalue weighted by atomic mass is 16.2. The molecule has 0 unspecified atom stereocenters. The van der Waals surface area contributed by atoms with Crippen molar-refractivity contribution in [2.45, 2.75) is 37.5 Å². The van der Waals surface area contributed by atoms with Crippen LogP contribution in [-0.4, -0.2) is 48.3 Å². The summed E-state index contributed by atoms with van der Waals surface area (Å²) in [5, 5.41) is 0. The van der Waals surface area contributed by atoms with E-state index >= 15 is 0 Å². The van der Waals surface area contributed by atoms with E-state index in [1.807, 2.05) is 77.5 Å². The van der Waals surface area contributed by atoms with E-state index in [0.29, 0.717) is 38.9 Å². The molecule has 1 saturated heterocycles. The van der Waals surface area contributed by atoms with Crippen molar-refractivity contribution in [3.8, 4) is 0 Å². The minimum atomic E-state index is -0.608. The molecule has 34 heavy (non-hydrogen) atoms. The molecular weight excluding hydrogens is 420 g/mol. The molecule has 0 saturated carbocycles. The van der Waals surface area contributed by atoms with Crippen molar-refractivity contribution in [3.63, 3.8) is 0 Å². The second-order valence-electron chi connectivity index (χ2n) is 8.97. The smallest absolute Gasteiger partial charge is 0.233 e. The quantitative estimate of drug-likeness (QED) is 0.454. The number of nitrogens with zero attached hydrogens (tertiary/aromatic N) is 2. The molecule has 178 valence electrons. The number of amides is 2. The van der Waals surface area contributed by atoms with E-state index in [4.69, 9.17) is 0 Å². The number of carbonyl (C=O) groups excluding carboxylic acids is 2. The molecule has 4 heteroatoms. The van der Waals surface area contributed by atoms with E-state index in [1.54, 1.807) is 6.08 Å². The van der Waals surface area contributed by atoms with Crippen LogP contribution in [0.25, 0.3) is 0 Å². The number of benzene rings is 2. The van der Waals surface area contributed by atoms with Gasteiger partial charge in [0.05, 0.1) is 5.41 Å². The van der Waals surface area contributed by atoms with Gasteiger partial charge < -0.3 is 9.80 Å². The van der Waals surface area contributed by atoms with Crippen LogP contribution in [0.15, 0.2) is 97.6 Å². The van der Waals surface area contributed by atoms with Gasteiger partial charge in [-0.2, -0.15) is 0 Å². The molecule has 2 amide bonds. The van der Waals surface area contributed by atoms with Crippen molar-refractivity contribution >= 4 is 11.8 Å². The van der Waals surface area contributed by atoms with Gasteiger partial charge in [-0.25, -0.2) is 0 Å². The van der Waals surface area contributed by atoms with E-state index < -0.39 is 5.41 Å². The molecule has 4 nitrogen and oxygen atoms in total. The van der Waals surface area contributed by atoms with Crippen LogP contribution in [0.5, 0.6) is 0 Å². The average molecular weight is 457 g/mol. The number of piperidine rings is 1. The molecule has 0 aliphatic carbocycles. The van der Waals surface area contributed by atoms with Gasteiger partial charge in [0, 0.05) is 33.1 Å². The number of aryl methyl sites for hydroxylation is 1. The van der Waals surface area contributed by atoms with Gasteiger partial charge in [-0.05, 0) is 42.4 Å². The number of carbonyl (C=O) groups is 2. The third kappa shape index (κ3) is 6.13. The van der Waals surface area contributed by atoms with Gasteiger partial charge in [0.25, 0.3) is 0 Å². The molecule has 0 bridgehead atoms. The first-order valence-electron chi connectivity index (χ1n) is 12.1. The zero-order valence-corrected chi connectivity index (χ0v) is 20.3. The number of likely N-dealkylation sites (N-methyl/N-ethyl adjacent to an activating group) is 1. The van der Waals surface area contributed by atoms with E-state index in [-0.39, 0.29) is 11.8 Å². The predicted molar refractivity (Wildman–Crippen MR) is 139 cm³/mol. The van der Waals surface area contributed by atoms with Crippen molar-refractivity contribution in [3.05, 3.63) is 109 Å². The Hall–Kier alpha value is -3.40. The van der Waals surface area contributed by atoms with Crippen molar-refractivity contribution in [2.75, 3.05) is 26.7 Å². The van der Waals surface area contributed by atoms with Gasteiger partial charge in [-0.15, -0.1) is 0 Å². The molecule has 1 aliphatic heterocycles. The van der Waals surface area contributed by atoms with Gasteiger partial charge in [0.2, 0.25) is 11.8 Å². The van der Waals surface area contributed by atoms with Gasteiger partial charge >= 0.3 is 0 Å².